The van der Waals surface area contributed by atoms with Crippen LogP contribution in [-0.2, 0) is 20.3 Å². The van der Waals surface area contributed by atoms with Crippen LogP contribution in [0.5, 0.6) is 0 Å². The van der Waals surface area contributed by atoms with Crippen LogP contribution in [0.4, 0.5) is 0 Å². The first-order chi connectivity index (χ1) is 9.45. The molecule has 1 amide bonds. The summed E-state index contributed by atoms with van der Waals surface area (Å²) in [5, 5.41) is 2.77. The van der Waals surface area contributed by atoms with E-state index in [1.807, 2.05) is 45.1 Å². The van der Waals surface area contributed by atoms with Crippen molar-refractivity contribution in [3.63, 3.8) is 0 Å². The number of amides is 1. The van der Waals surface area contributed by atoms with Crippen molar-refractivity contribution >= 4 is 17.3 Å². The highest BCUT2D eigenvalue weighted by atomic mass is 32.2. The van der Waals surface area contributed by atoms with Gasteiger partial charge < -0.3 is 5.32 Å². The standard InChI is InChI=1S/C14H25NO4S/c1-4-5-6-7-8-9-13(19-20(17)18)10-14(16)15-11-12(2)3/h4-7,12-13H,8-11H2,1-3H3,(H,15,16)(H,17,18). The van der Waals surface area contributed by atoms with E-state index in [-0.39, 0.29) is 12.3 Å². The fourth-order valence-corrected chi connectivity index (χ4v) is 1.86. The van der Waals surface area contributed by atoms with Gasteiger partial charge in [0.2, 0.25) is 5.91 Å². The lowest BCUT2D eigenvalue weighted by atomic mass is 10.1. The number of allylic oxidation sites excluding steroid dienone is 4. The second-order valence-corrected chi connectivity index (χ2v) is 5.50. The Bertz CT molecular complexity index is 353. The van der Waals surface area contributed by atoms with Crippen molar-refractivity contribution in [2.24, 2.45) is 5.92 Å². The molecule has 0 bridgehead atoms. The summed E-state index contributed by atoms with van der Waals surface area (Å²) < 4.78 is 24.4. The maximum atomic E-state index is 11.7. The Morgan fingerprint density at radius 2 is 2.10 bits per heavy atom. The van der Waals surface area contributed by atoms with E-state index >= 15 is 0 Å². The third kappa shape index (κ3) is 12.1. The largest absolute Gasteiger partial charge is 0.356 e. The molecule has 0 aliphatic heterocycles. The minimum atomic E-state index is -2.35. The lowest BCUT2D eigenvalue weighted by molar-refractivity contribution is -0.122. The van der Waals surface area contributed by atoms with Gasteiger partial charge in [0.25, 0.3) is 0 Å². The molecule has 0 heterocycles. The van der Waals surface area contributed by atoms with Crippen molar-refractivity contribution in [3.05, 3.63) is 24.3 Å². The molecule has 2 atom stereocenters. The third-order valence-corrected chi connectivity index (χ3v) is 2.87. The Morgan fingerprint density at radius 1 is 1.40 bits per heavy atom. The van der Waals surface area contributed by atoms with Gasteiger partial charge in [-0.2, -0.15) is 4.21 Å². The van der Waals surface area contributed by atoms with Crippen molar-refractivity contribution < 1.29 is 17.7 Å². The quantitative estimate of drug-likeness (QED) is 0.480. The second-order valence-electron chi connectivity index (χ2n) is 4.87. The maximum absolute atomic E-state index is 11.7. The van der Waals surface area contributed by atoms with Crippen LogP contribution in [0.1, 0.15) is 40.0 Å². The van der Waals surface area contributed by atoms with Crippen molar-refractivity contribution in [1.29, 1.82) is 0 Å². The number of carbonyl (C=O) groups is 1. The molecule has 0 aromatic rings. The van der Waals surface area contributed by atoms with Crippen LogP contribution in [0.15, 0.2) is 24.3 Å². The monoisotopic (exact) mass is 303 g/mol. The zero-order chi connectivity index (χ0) is 15.4. The zero-order valence-electron chi connectivity index (χ0n) is 12.4. The molecular formula is C14H25NO4S. The Morgan fingerprint density at radius 3 is 2.65 bits per heavy atom. The van der Waals surface area contributed by atoms with Gasteiger partial charge in [-0.1, -0.05) is 38.2 Å². The van der Waals surface area contributed by atoms with Gasteiger partial charge in [0.1, 0.15) is 0 Å². The van der Waals surface area contributed by atoms with E-state index in [4.69, 9.17) is 8.74 Å². The van der Waals surface area contributed by atoms with Gasteiger partial charge in [-0.3, -0.25) is 13.5 Å². The average Bonchev–Trinajstić information content (AvgIpc) is 2.35. The van der Waals surface area contributed by atoms with E-state index < -0.39 is 17.5 Å². The van der Waals surface area contributed by atoms with Gasteiger partial charge in [0.15, 0.2) is 0 Å². The number of carbonyl (C=O) groups excluding carboxylic acids is 1. The number of hydrogen-bond donors (Lipinski definition) is 2. The van der Waals surface area contributed by atoms with Gasteiger partial charge in [0, 0.05) is 6.54 Å². The highest BCUT2D eigenvalue weighted by Crippen LogP contribution is 2.09. The molecule has 0 aliphatic carbocycles. The summed E-state index contributed by atoms with van der Waals surface area (Å²) in [6, 6.07) is 0. The molecule has 0 fully saturated rings. The van der Waals surface area contributed by atoms with Gasteiger partial charge in [0.05, 0.1) is 12.5 Å². The molecule has 0 saturated carbocycles. The van der Waals surface area contributed by atoms with E-state index in [0.29, 0.717) is 25.3 Å². The van der Waals surface area contributed by atoms with Crippen LogP contribution in [-0.4, -0.2) is 27.3 Å². The maximum Gasteiger partial charge on any atom is 0.302 e. The first-order valence-electron chi connectivity index (χ1n) is 6.78. The molecule has 2 N–H and O–H groups in total. The predicted octanol–water partition coefficient (Wildman–Crippen LogP) is 2.58. The first-order valence-corrected chi connectivity index (χ1v) is 7.81. The number of rotatable bonds is 10. The third-order valence-electron chi connectivity index (χ3n) is 2.43. The Hall–Kier alpha value is -0.980. The molecule has 2 unspecified atom stereocenters. The Labute approximate surface area is 124 Å². The summed E-state index contributed by atoms with van der Waals surface area (Å²) in [6.07, 6.45) is 8.38. The van der Waals surface area contributed by atoms with Gasteiger partial charge in [-0.15, -0.1) is 0 Å². The van der Waals surface area contributed by atoms with Crippen LogP contribution in [0.2, 0.25) is 0 Å². The van der Waals surface area contributed by atoms with Crippen LogP contribution in [0.3, 0.4) is 0 Å². The average molecular weight is 303 g/mol. The topological polar surface area (TPSA) is 75.6 Å². The van der Waals surface area contributed by atoms with Crippen LogP contribution in [0.25, 0.3) is 0 Å². The predicted molar refractivity (Wildman–Crippen MR) is 81.3 cm³/mol. The van der Waals surface area contributed by atoms with Crippen LogP contribution < -0.4 is 5.32 Å². The summed E-state index contributed by atoms with van der Waals surface area (Å²) >= 11 is -2.35. The SMILES string of the molecule is CC=CC=CCCC(CC(=O)NCC(C)C)OS(=O)O. The van der Waals surface area contributed by atoms with Gasteiger partial charge in [-0.25, -0.2) is 0 Å². The molecule has 0 rings (SSSR count). The van der Waals surface area contributed by atoms with E-state index in [1.54, 1.807) is 0 Å². The molecule has 6 heteroatoms. The Kier molecular flexibility index (Phi) is 11.2. The van der Waals surface area contributed by atoms with Crippen molar-refractivity contribution in [2.75, 3.05) is 6.54 Å². The first kappa shape index (κ1) is 19.0. The summed E-state index contributed by atoms with van der Waals surface area (Å²) in [5.74, 6) is 0.209. The molecule has 0 aliphatic rings. The molecule has 0 aromatic carbocycles. The number of hydrogen-bond acceptors (Lipinski definition) is 3. The van der Waals surface area contributed by atoms with E-state index in [0.717, 1.165) is 0 Å². The molecule has 0 spiro atoms. The highest BCUT2D eigenvalue weighted by molar-refractivity contribution is 7.74. The van der Waals surface area contributed by atoms with Crippen molar-refractivity contribution in [3.8, 4) is 0 Å². The fourth-order valence-electron chi connectivity index (χ4n) is 1.47. The summed E-state index contributed by atoms with van der Waals surface area (Å²) in [6.45, 7) is 6.52. The molecule has 0 aromatic heterocycles. The minimum absolute atomic E-state index is 0.0937. The zero-order valence-corrected chi connectivity index (χ0v) is 13.2. The van der Waals surface area contributed by atoms with Crippen LogP contribution in [0, 0.1) is 5.92 Å². The smallest absolute Gasteiger partial charge is 0.302 e. The fraction of sp³-hybridized carbons (Fsp3) is 0.643. The van der Waals surface area contributed by atoms with Gasteiger partial charge >= 0.3 is 11.4 Å². The van der Waals surface area contributed by atoms with Gasteiger partial charge in [-0.05, 0) is 25.7 Å². The van der Waals surface area contributed by atoms with Crippen molar-refractivity contribution in [2.45, 2.75) is 46.1 Å². The molecular weight excluding hydrogens is 278 g/mol. The summed E-state index contributed by atoms with van der Waals surface area (Å²) in [5.41, 5.74) is 0. The molecule has 20 heavy (non-hydrogen) atoms. The molecule has 116 valence electrons. The lowest BCUT2D eigenvalue weighted by Gasteiger charge is -2.14. The second kappa shape index (κ2) is 11.8. The molecule has 0 saturated heterocycles. The summed E-state index contributed by atoms with van der Waals surface area (Å²) in [4.78, 5) is 11.7. The van der Waals surface area contributed by atoms with Crippen molar-refractivity contribution in [1.82, 2.24) is 5.32 Å². The normalized spacial score (nSPS) is 15.1. The van der Waals surface area contributed by atoms with E-state index in [2.05, 4.69) is 5.32 Å². The summed E-state index contributed by atoms with van der Waals surface area (Å²) in [7, 11) is 0. The van der Waals surface area contributed by atoms with E-state index in [9.17, 15) is 9.00 Å². The van der Waals surface area contributed by atoms with E-state index in [1.165, 1.54) is 0 Å². The Balaban J connectivity index is 4.19. The molecule has 5 nitrogen and oxygen atoms in total. The lowest BCUT2D eigenvalue weighted by Crippen LogP contribution is -2.31. The van der Waals surface area contributed by atoms with Crippen LogP contribution >= 0.6 is 0 Å². The minimum Gasteiger partial charge on any atom is -0.356 e. The molecule has 0 radical (unpaired) electrons. The number of nitrogens with one attached hydrogen (secondary N) is 1. The highest BCUT2D eigenvalue weighted by Gasteiger charge is 2.16.